The second kappa shape index (κ2) is 8.61. The Morgan fingerprint density at radius 3 is 2.55 bits per heavy atom. The number of hydrogen-bond donors (Lipinski definition) is 1. The SMILES string of the molecule is Cc1cc(-c2ccccc2)cc([C@H]2CCCN(C(=O)c3cccc(S(N)(=O)=O)c3)C2)n1. The summed E-state index contributed by atoms with van der Waals surface area (Å²) in [6.07, 6.45) is 1.81. The molecule has 3 aromatic rings. The lowest BCUT2D eigenvalue weighted by Gasteiger charge is -2.33. The number of pyridine rings is 1. The molecule has 1 saturated heterocycles. The van der Waals surface area contributed by atoms with E-state index >= 15 is 0 Å². The number of primary sulfonamides is 1. The lowest BCUT2D eigenvalue weighted by atomic mass is 9.92. The molecular formula is C24H25N3O3S. The third-order valence-corrected chi connectivity index (χ3v) is 6.53. The standard InChI is InChI=1S/C24H25N3O3S/c1-17-13-21(18-7-3-2-4-8-18)15-23(26-17)20-10-6-12-27(16-20)24(28)19-9-5-11-22(14-19)31(25,29)30/h2-5,7-9,11,13-15,20H,6,10,12,16H2,1H3,(H2,25,29,30)/t20-/m0/s1. The number of carbonyl (C=O) groups is 1. The maximum Gasteiger partial charge on any atom is 0.253 e. The molecule has 0 saturated carbocycles. The number of carbonyl (C=O) groups excluding carboxylic acids is 1. The van der Waals surface area contributed by atoms with Gasteiger partial charge in [0.05, 0.1) is 4.90 Å². The first kappa shape index (κ1) is 21.2. The molecule has 0 spiro atoms. The van der Waals surface area contributed by atoms with Gasteiger partial charge in [0.15, 0.2) is 0 Å². The van der Waals surface area contributed by atoms with E-state index < -0.39 is 10.0 Å². The first-order valence-electron chi connectivity index (χ1n) is 10.3. The van der Waals surface area contributed by atoms with Crippen molar-refractivity contribution in [2.75, 3.05) is 13.1 Å². The summed E-state index contributed by atoms with van der Waals surface area (Å²) in [4.78, 5) is 19.6. The van der Waals surface area contributed by atoms with E-state index in [-0.39, 0.29) is 16.7 Å². The van der Waals surface area contributed by atoms with Crippen molar-refractivity contribution in [3.8, 4) is 11.1 Å². The molecule has 2 N–H and O–H groups in total. The highest BCUT2D eigenvalue weighted by Crippen LogP contribution is 2.30. The number of amides is 1. The van der Waals surface area contributed by atoms with Crippen molar-refractivity contribution in [3.63, 3.8) is 0 Å². The number of benzene rings is 2. The zero-order valence-corrected chi connectivity index (χ0v) is 18.2. The van der Waals surface area contributed by atoms with Gasteiger partial charge in [0.1, 0.15) is 0 Å². The summed E-state index contributed by atoms with van der Waals surface area (Å²) in [5.74, 6) is -0.0624. The average molecular weight is 436 g/mol. The molecule has 1 atom stereocenters. The fraction of sp³-hybridized carbons (Fsp3) is 0.250. The van der Waals surface area contributed by atoms with Crippen molar-refractivity contribution in [1.82, 2.24) is 9.88 Å². The fourth-order valence-electron chi connectivity index (χ4n) is 4.09. The van der Waals surface area contributed by atoms with Gasteiger partial charge in [-0.25, -0.2) is 13.6 Å². The minimum atomic E-state index is -3.86. The monoisotopic (exact) mass is 435 g/mol. The molecule has 0 radical (unpaired) electrons. The predicted molar refractivity (Wildman–Crippen MR) is 120 cm³/mol. The normalized spacial score (nSPS) is 16.8. The summed E-state index contributed by atoms with van der Waals surface area (Å²) < 4.78 is 23.3. The Kier molecular flexibility index (Phi) is 5.89. The third-order valence-electron chi connectivity index (χ3n) is 5.62. The maximum absolute atomic E-state index is 13.1. The van der Waals surface area contributed by atoms with Crippen LogP contribution in [0, 0.1) is 6.92 Å². The van der Waals surface area contributed by atoms with Crippen molar-refractivity contribution < 1.29 is 13.2 Å². The molecule has 0 unspecified atom stereocenters. The molecular weight excluding hydrogens is 410 g/mol. The van der Waals surface area contributed by atoms with Gasteiger partial charge in [-0.3, -0.25) is 9.78 Å². The Morgan fingerprint density at radius 1 is 1.03 bits per heavy atom. The summed E-state index contributed by atoms with van der Waals surface area (Å²) >= 11 is 0. The Morgan fingerprint density at radius 2 is 1.81 bits per heavy atom. The van der Waals surface area contributed by atoms with E-state index in [2.05, 4.69) is 24.3 Å². The lowest BCUT2D eigenvalue weighted by Crippen LogP contribution is -2.39. The molecule has 160 valence electrons. The molecule has 2 aromatic carbocycles. The van der Waals surface area contributed by atoms with Crippen LogP contribution in [0.3, 0.4) is 0 Å². The molecule has 1 fully saturated rings. The highest BCUT2D eigenvalue weighted by Gasteiger charge is 2.27. The van der Waals surface area contributed by atoms with E-state index in [9.17, 15) is 13.2 Å². The topological polar surface area (TPSA) is 93.4 Å². The van der Waals surface area contributed by atoms with Crippen molar-refractivity contribution in [2.24, 2.45) is 5.14 Å². The van der Waals surface area contributed by atoms with Crippen LogP contribution in [0.25, 0.3) is 11.1 Å². The van der Waals surface area contributed by atoms with Crippen molar-refractivity contribution >= 4 is 15.9 Å². The quantitative estimate of drug-likeness (QED) is 0.676. The zero-order chi connectivity index (χ0) is 22.0. The predicted octanol–water partition coefficient (Wildman–Crippen LogP) is 3.72. The number of nitrogens with two attached hydrogens (primary N) is 1. The summed E-state index contributed by atoms with van der Waals surface area (Å²) in [6.45, 7) is 3.16. The second-order valence-electron chi connectivity index (χ2n) is 7.95. The number of sulfonamides is 1. The second-order valence-corrected chi connectivity index (χ2v) is 9.51. The molecule has 0 aliphatic carbocycles. The van der Waals surface area contributed by atoms with Crippen LogP contribution >= 0.6 is 0 Å². The van der Waals surface area contributed by atoms with Gasteiger partial charge < -0.3 is 4.90 Å². The minimum Gasteiger partial charge on any atom is -0.338 e. The molecule has 1 aliphatic rings. The summed E-state index contributed by atoms with van der Waals surface area (Å²) in [7, 11) is -3.86. The summed E-state index contributed by atoms with van der Waals surface area (Å²) in [6, 6.07) is 20.3. The van der Waals surface area contributed by atoms with Gasteiger partial charge >= 0.3 is 0 Å². The van der Waals surface area contributed by atoms with Gasteiger partial charge in [-0.15, -0.1) is 0 Å². The molecule has 2 heterocycles. The van der Waals surface area contributed by atoms with Crippen molar-refractivity contribution in [1.29, 1.82) is 0 Å². The number of aryl methyl sites for hydroxylation is 1. The van der Waals surface area contributed by atoms with Crippen LogP contribution in [-0.4, -0.2) is 37.3 Å². The Hall–Kier alpha value is -3.03. The molecule has 1 amide bonds. The van der Waals surface area contributed by atoms with Crippen LogP contribution in [-0.2, 0) is 10.0 Å². The molecule has 0 bridgehead atoms. The van der Waals surface area contributed by atoms with Crippen LogP contribution in [0.5, 0.6) is 0 Å². The number of likely N-dealkylation sites (tertiary alicyclic amines) is 1. The fourth-order valence-corrected chi connectivity index (χ4v) is 4.65. The molecule has 7 heteroatoms. The average Bonchev–Trinajstić information content (AvgIpc) is 2.78. The van der Waals surface area contributed by atoms with Gasteiger partial charge in [0.25, 0.3) is 5.91 Å². The van der Waals surface area contributed by atoms with Crippen LogP contribution in [0.15, 0.2) is 71.6 Å². The smallest absolute Gasteiger partial charge is 0.253 e. The van der Waals surface area contributed by atoms with Gasteiger partial charge in [-0.1, -0.05) is 36.4 Å². The van der Waals surface area contributed by atoms with Gasteiger partial charge in [0.2, 0.25) is 10.0 Å². The van der Waals surface area contributed by atoms with Crippen molar-refractivity contribution in [2.45, 2.75) is 30.6 Å². The van der Waals surface area contributed by atoms with Gasteiger partial charge in [-0.05, 0) is 61.2 Å². The first-order valence-corrected chi connectivity index (χ1v) is 11.8. The van der Waals surface area contributed by atoms with Gasteiger partial charge in [0, 0.05) is 36.0 Å². The van der Waals surface area contributed by atoms with E-state index in [1.165, 1.54) is 12.1 Å². The zero-order valence-electron chi connectivity index (χ0n) is 17.4. The van der Waals surface area contributed by atoms with Gasteiger partial charge in [-0.2, -0.15) is 0 Å². The summed E-state index contributed by atoms with van der Waals surface area (Å²) in [5, 5.41) is 5.22. The van der Waals surface area contributed by atoms with E-state index in [4.69, 9.17) is 10.1 Å². The largest absolute Gasteiger partial charge is 0.338 e. The number of nitrogens with zero attached hydrogens (tertiary/aromatic N) is 2. The number of piperidine rings is 1. The number of aromatic nitrogens is 1. The lowest BCUT2D eigenvalue weighted by molar-refractivity contribution is 0.0705. The van der Waals surface area contributed by atoms with E-state index in [0.717, 1.165) is 35.4 Å². The first-order chi connectivity index (χ1) is 14.8. The van der Waals surface area contributed by atoms with E-state index in [0.29, 0.717) is 18.7 Å². The Balaban J connectivity index is 1.58. The highest BCUT2D eigenvalue weighted by atomic mass is 32.2. The highest BCUT2D eigenvalue weighted by molar-refractivity contribution is 7.89. The Labute approximate surface area is 182 Å². The van der Waals surface area contributed by atoms with E-state index in [1.807, 2.05) is 25.1 Å². The maximum atomic E-state index is 13.1. The van der Waals surface area contributed by atoms with Crippen molar-refractivity contribution in [3.05, 3.63) is 83.7 Å². The van der Waals surface area contributed by atoms with E-state index in [1.54, 1.807) is 17.0 Å². The minimum absolute atomic E-state index is 0.0558. The number of hydrogen-bond acceptors (Lipinski definition) is 4. The Bertz CT molecular complexity index is 1210. The molecule has 1 aliphatic heterocycles. The molecule has 1 aromatic heterocycles. The molecule has 31 heavy (non-hydrogen) atoms. The number of rotatable bonds is 4. The molecule has 6 nitrogen and oxygen atoms in total. The molecule has 4 rings (SSSR count). The third kappa shape index (κ3) is 4.84. The summed E-state index contributed by atoms with van der Waals surface area (Å²) in [5.41, 5.74) is 4.51. The van der Waals surface area contributed by atoms with Crippen LogP contribution in [0.4, 0.5) is 0 Å². The van der Waals surface area contributed by atoms with Crippen LogP contribution in [0.2, 0.25) is 0 Å². The van der Waals surface area contributed by atoms with Crippen LogP contribution < -0.4 is 5.14 Å². The van der Waals surface area contributed by atoms with Crippen LogP contribution in [0.1, 0.15) is 40.5 Å².